The average molecular weight is 498 g/mol. The molecule has 184 valence electrons. The highest BCUT2D eigenvalue weighted by atomic mass is 32.2. The van der Waals surface area contributed by atoms with Crippen molar-refractivity contribution in [2.24, 2.45) is 5.73 Å². The fraction of sp³-hybridized carbons (Fsp3) is 0.240. The second-order valence-corrected chi connectivity index (χ2v) is 9.99. The number of nitrogens with two attached hydrogens (primary N) is 1. The van der Waals surface area contributed by atoms with Gasteiger partial charge >= 0.3 is 5.97 Å². The molecule has 0 heterocycles. The fourth-order valence-corrected chi connectivity index (χ4v) is 4.44. The lowest BCUT2D eigenvalue weighted by Crippen LogP contribution is -2.47. The maximum Gasteiger partial charge on any atom is 0.329 e. The summed E-state index contributed by atoms with van der Waals surface area (Å²) in [4.78, 5) is 25.3. The molecule has 1 amide bonds. The van der Waals surface area contributed by atoms with Crippen molar-refractivity contribution >= 4 is 38.5 Å². The van der Waals surface area contributed by atoms with Gasteiger partial charge < -0.3 is 15.8 Å². The van der Waals surface area contributed by atoms with E-state index in [1.54, 1.807) is 56.3 Å². The average Bonchev–Trinajstić information content (AvgIpc) is 2.86. The molecule has 0 radical (unpaired) electrons. The minimum Gasteiger partial charge on any atom is -0.461 e. The topological polar surface area (TPSA) is 151 Å². The Morgan fingerprint density at radius 1 is 1.06 bits per heavy atom. The third-order valence-electron chi connectivity index (χ3n) is 5.08. The number of rotatable bonds is 10. The first kappa shape index (κ1) is 24.4. The van der Waals surface area contributed by atoms with E-state index in [2.05, 4.69) is 10.0 Å². The predicted molar refractivity (Wildman–Crippen MR) is 133 cm³/mol. The standard InChI is InChI=1S/C25H28N4O5S/c1-16(2)34-25(31)22(13-17-6-5-9-20(12-17)24(26)27)29-23(30)15-28-35(32,33)21-11-10-18-7-3-4-8-19(18)14-21/h3-12,14,16,22,28H,13,15H2,1-2H3,(H3,26,27)(H,29,30)/t22-/m0/s1/i/hD. The van der Waals surface area contributed by atoms with Gasteiger partial charge in [0, 0.05) is 12.0 Å². The molecular weight excluding hydrogens is 468 g/mol. The summed E-state index contributed by atoms with van der Waals surface area (Å²) in [6.07, 6.45) is -0.372. The fourth-order valence-electron chi connectivity index (χ4n) is 3.42. The van der Waals surface area contributed by atoms with Crippen molar-refractivity contribution in [2.75, 3.05) is 6.54 Å². The smallest absolute Gasteiger partial charge is 0.329 e. The number of nitrogen functional groups attached to an aromatic ring is 1. The Bertz CT molecular complexity index is 1380. The Balaban J connectivity index is 1.71. The summed E-state index contributed by atoms with van der Waals surface area (Å²) in [5.74, 6) is -1.50. The van der Waals surface area contributed by atoms with Gasteiger partial charge in [-0.2, -0.15) is 0 Å². The third-order valence-corrected chi connectivity index (χ3v) is 6.48. The number of esters is 1. The van der Waals surface area contributed by atoms with Crippen LogP contribution in [0.25, 0.3) is 10.8 Å². The maximum absolute atomic E-state index is 12.7. The molecule has 9 nitrogen and oxygen atoms in total. The van der Waals surface area contributed by atoms with Crippen molar-refractivity contribution in [3.05, 3.63) is 77.9 Å². The number of carbonyl (C=O) groups excluding carboxylic acids is 2. The molecule has 0 aliphatic carbocycles. The van der Waals surface area contributed by atoms with Gasteiger partial charge in [0.25, 0.3) is 0 Å². The molecule has 0 aliphatic heterocycles. The summed E-state index contributed by atoms with van der Waals surface area (Å²) in [7, 11) is -3.97. The van der Waals surface area contributed by atoms with E-state index < -0.39 is 40.6 Å². The summed E-state index contributed by atoms with van der Waals surface area (Å²) >= 11 is 0. The van der Waals surface area contributed by atoms with E-state index in [0.29, 0.717) is 11.1 Å². The van der Waals surface area contributed by atoms with Crippen LogP contribution >= 0.6 is 0 Å². The van der Waals surface area contributed by atoms with Crippen LogP contribution in [-0.4, -0.2) is 44.8 Å². The number of carbonyl (C=O) groups is 2. The van der Waals surface area contributed by atoms with Gasteiger partial charge in [0.1, 0.15) is 11.9 Å². The molecule has 0 unspecified atom stereocenters. The Morgan fingerprint density at radius 3 is 2.51 bits per heavy atom. The molecule has 35 heavy (non-hydrogen) atoms. The first-order valence-corrected chi connectivity index (χ1v) is 12.4. The van der Waals surface area contributed by atoms with E-state index in [9.17, 15) is 18.0 Å². The van der Waals surface area contributed by atoms with Crippen molar-refractivity contribution in [2.45, 2.75) is 37.3 Å². The lowest BCUT2D eigenvalue weighted by molar-refractivity contribution is -0.151. The molecule has 0 fully saturated rings. The van der Waals surface area contributed by atoms with Gasteiger partial charge in [-0.1, -0.05) is 48.5 Å². The van der Waals surface area contributed by atoms with Crippen LogP contribution in [0, 0.1) is 5.41 Å². The van der Waals surface area contributed by atoms with Gasteiger partial charge in [0.2, 0.25) is 15.9 Å². The highest BCUT2D eigenvalue weighted by Crippen LogP contribution is 2.18. The number of amidine groups is 1. The lowest BCUT2D eigenvalue weighted by Gasteiger charge is -2.20. The SMILES string of the molecule is [2H]NC(=N)c1cccc(C[C@H](NC(=O)CNS(=O)(=O)c2ccc3ccccc3c2)C(=O)OC(C)C)c1. The summed E-state index contributed by atoms with van der Waals surface area (Å²) in [6, 6.07) is 17.5. The molecule has 3 aromatic rings. The zero-order chi connectivity index (χ0) is 26.3. The van der Waals surface area contributed by atoms with E-state index >= 15 is 0 Å². The van der Waals surface area contributed by atoms with Crippen LogP contribution in [0.3, 0.4) is 0 Å². The molecule has 10 heteroatoms. The monoisotopic (exact) mass is 497 g/mol. The summed E-state index contributed by atoms with van der Waals surface area (Å²) in [5.41, 5.74) is 3.06. The van der Waals surface area contributed by atoms with E-state index in [1.807, 2.05) is 17.9 Å². The quantitative estimate of drug-likeness (QED) is 0.191. The second-order valence-electron chi connectivity index (χ2n) is 8.22. The number of sulfonamides is 1. The van der Waals surface area contributed by atoms with Crippen molar-refractivity contribution in [3.63, 3.8) is 0 Å². The first-order valence-electron chi connectivity index (χ1n) is 11.4. The number of fused-ring (bicyclic) bond motifs is 1. The Kier molecular flexibility index (Phi) is 7.74. The minimum atomic E-state index is -3.97. The lowest BCUT2D eigenvalue weighted by atomic mass is 10.0. The zero-order valence-corrected chi connectivity index (χ0v) is 20.2. The van der Waals surface area contributed by atoms with Crippen LogP contribution < -0.4 is 15.8 Å². The summed E-state index contributed by atoms with van der Waals surface area (Å²) < 4.78 is 40.2. The van der Waals surface area contributed by atoms with Gasteiger partial charge in [-0.15, -0.1) is 0 Å². The highest BCUT2D eigenvalue weighted by molar-refractivity contribution is 7.89. The molecule has 0 bridgehead atoms. The Labute approximate surface area is 205 Å². The number of hydrogen-bond acceptors (Lipinski definition) is 6. The normalized spacial score (nSPS) is 12.6. The van der Waals surface area contributed by atoms with Crippen LogP contribution in [0.1, 0.15) is 25.0 Å². The van der Waals surface area contributed by atoms with Crippen LogP contribution in [-0.2, 0) is 30.8 Å². The van der Waals surface area contributed by atoms with Crippen LogP contribution in [0.5, 0.6) is 0 Å². The number of hydrogen-bond donors (Lipinski definition) is 4. The summed E-state index contributed by atoms with van der Waals surface area (Å²) in [5, 5.41) is 11.9. The number of benzene rings is 3. The second kappa shape index (κ2) is 11.1. The maximum atomic E-state index is 12.7. The van der Waals surface area contributed by atoms with Crippen LogP contribution in [0.15, 0.2) is 71.6 Å². The molecule has 3 rings (SSSR count). The van der Waals surface area contributed by atoms with Crippen molar-refractivity contribution < 1.29 is 24.2 Å². The predicted octanol–water partition coefficient (Wildman–Crippen LogP) is 2.08. The Hall–Kier alpha value is -3.76. The molecule has 5 N–H and O–H groups in total. The van der Waals surface area contributed by atoms with Crippen molar-refractivity contribution in [3.8, 4) is 0 Å². The van der Waals surface area contributed by atoms with E-state index in [4.69, 9.17) is 11.6 Å². The highest BCUT2D eigenvalue weighted by Gasteiger charge is 2.25. The minimum absolute atomic E-state index is 0.0204. The van der Waals surface area contributed by atoms with Gasteiger partial charge in [0.05, 0.1) is 17.5 Å². The van der Waals surface area contributed by atoms with Gasteiger partial charge in [-0.05, 0) is 48.4 Å². The molecule has 0 aliphatic rings. The van der Waals surface area contributed by atoms with Crippen LogP contribution in [0.4, 0.5) is 0 Å². The number of nitrogens with one attached hydrogen (secondary N) is 3. The molecule has 0 spiro atoms. The summed E-state index contributed by atoms with van der Waals surface area (Å²) in [6.45, 7) is 2.78. The molecule has 0 saturated carbocycles. The molecule has 3 aromatic carbocycles. The Morgan fingerprint density at radius 2 is 1.80 bits per heavy atom. The van der Waals surface area contributed by atoms with Crippen molar-refractivity contribution in [1.82, 2.24) is 10.0 Å². The third kappa shape index (κ3) is 7.11. The largest absolute Gasteiger partial charge is 0.461 e. The van der Waals surface area contributed by atoms with E-state index in [0.717, 1.165) is 10.8 Å². The van der Waals surface area contributed by atoms with Gasteiger partial charge in [-0.25, -0.2) is 17.9 Å². The van der Waals surface area contributed by atoms with Crippen LogP contribution in [0.2, 0.25) is 1.41 Å². The molecule has 1 atom stereocenters. The number of amides is 1. The molecular formula is C25H28N4O5S. The molecule has 0 aromatic heterocycles. The molecule has 0 saturated heterocycles. The van der Waals surface area contributed by atoms with E-state index in [1.165, 1.54) is 12.1 Å². The van der Waals surface area contributed by atoms with Crippen molar-refractivity contribution in [1.29, 1.82) is 5.41 Å². The zero-order valence-electron chi connectivity index (χ0n) is 20.4. The number of ether oxygens (including phenoxy) is 1. The van der Waals surface area contributed by atoms with Gasteiger partial charge in [0.15, 0.2) is 1.41 Å². The first-order chi connectivity index (χ1) is 17.1. The van der Waals surface area contributed by atoms with Gasteiger partial charge in [-0.3, -0.25) is 10.2 Å². The van der Waals surface area contributed by atoms with E-state index in [-0.39, 0.29) is 17.2 Å².